The highest BCUT2D eigenvalue weighted by molar-refractivity contribution is 7.48. The first kappa shape index (κ1) is 20.1. The van der Waals surface area contributed by atoms with Gasteiger partial charge >= 0.3 is 7.82 Å². The van der Waals surface area contributed by atoms with Crippen LogP contribution in [0.2, 0.25) is 0 Å². The van der Waals surface area contributed by atoms with E-state index in [-0.39, 0.29) is 6.23 Å². The van der Waals surface area contributed by atoms with Crippen molar-refractivity contribution in [2.24, 2.45) is 0 Å². The monoisotopic (exact) mass is 335 g/mol. The lowest BCUT2D eigenvalue weighted by atomic mass is 10.1. The summed E-state index contributed by atoms with van der Waals surface area (Å²) in [5.74, 6) is 0. The molecule has 0 aliphatic carbocycles. The summed E-state index contributed by atoms with van der Waals surface area (Å²) in [5, 5.41) is 0. The molecular weight excluding hydrogens is 301 g/mol. The average Bonchev–Trinajstić information content (AvgIpc) is 2.54. The minimum Gasteiger partial charge on any atom is -0.287 e. The fourth-order valence-corrected chi connectivity index (χ4v) is 3.98. The third-order valence-electron chi connectivity index (χ3n) is 3.89. The lowest BCUT2D eigenvalue weighted by Gasteiger charge is -2.35. The molecule has 6 heteroatoms. The van der Waals surface area contributed by atoms with Crippen LogP contribution in [0.4, 0.5) is 0 Å². The number of likely N-dealkylation sites (tertiary alicyclic amines) is 1. The Hall–Kier alpha value is 0.0700. The van der Waals surface area contributed by atoms with Gasteiger partial charge in [0.25, 0.3) is 0 Å². The van der Waals surface area contributed by atoms with Crippen molar-refractivity contribution in [3.05, 3.63) is 0 Å². The Morgan fingerprint density at radius 1 is 0.955 bits per heavy atom. The van der Waals surface area contributed by atoms with Crippen molar-refractivity contribution in [1.82, 2.24) is 4.90 Å². The highest BCUT2D eigenvalue weighted by atomic mass is 31.2. The summed E-state index contributed by atoms with van der Waals surface area (Å²) in [6.07, 6.45) is 7.97. The third-order valence-corrected chi connectivity index (χ3v) is 5.39. The number of phosphoric ester groups is 1. The Kier molecular flexibility index (Phi) is 10.6. The summed E-state index contributed by atoms with van der Waals surface area (Å²) < 4.78 is 29.8. The third kappa shape index (κ3) is 7.56. The topological polar surface area (TPSA) is 48.0 Å². The van der Waals surface area contributed by atoms with Crippen LogP contribution in [-0.4, -0.2) is 37.4 Å². The number of piperidine rings is 1. The van der Waals surface area contributed by atoms with Crippen molar-refractivity contribution in [2.45, 2.75) is 78.4 Å². The molecule has 1 fully saturated rings. The van der Waals surface area contributed by atoms with Crippen molar-refractivity contribution < 1.29 is 18.1 Å². The molecule has 1 atom stereocenters. The summed E-state index contributed by atoms with van der Waals surface area (Å²) in [5.41, 5.74) is 0. The van der Waals surface area contributed by atoms with Crippen molar-refractivity contribution in [2.75, 3.05) is 26.3 Å². The quantitative estimate of drug-likeness (QED) is 0.372. The molecule has 1 rings (SSSR count). The minimum atomic E-state index is -3.46. The molecule has 1 aliphatic rings. The molecule has 132 valence electrons. The molecule has 0 spiro atoms. The predicted octanol–water partition coefficient (Wildman–Crippen LogP) is 4.97. The van der Waals surface area contributed by atoms with E-state index in [1.54, 1.807) is 0 Å². The average molecular weight is 335 g/mol. The summed E-state index contributed by atoms with van der Waals surface area (Å²) in [7, 11) is -3.46. The molecule has 1 saturated heterocycles. The predicted molar refractivity (Wildman–Crippen MR) is 89.9 cm³/mol. The molecular formula is C16H34NO4P. The number of hydrogen-bond donors (Lipinski definition) is 0. The Labute approximate surface area is 136 Å². The number of unbranched alkanes of at least 4 members (excludes halogenated alkanes) is 2. The van der Waals surface area contributed by atoms with Gasteiger partial charge in [-0.2, -0.15) is 0 Å². The zero-order valence-corrected chi connectivity index (χ0v) is 15.5. The second-order valence-corrected chi connectivity index (χ2v) is 7.51. The first-order valence-corrected chi connectivity index (χ1v) is 10.4. The summed E-state index contributed by atoms with van der Waals surface area (Å²) in [6.45, 7) is 9.07. The second-order valence-electron chi connectivity index (χ2n) is 5.89. The van der Waals surface area contributed by atoms with Gasteiger partial charge < -0.3 is 0 Å². The largest absolute Gasteiger partial charge is 0.476 e. The normalized spacial score (nSPS) is 18.5. The van der Waals surface area contributed by atoms with Gasteiger partial charge in [-0.3, -0.25) is 18.5 Å². The summed E-state index contributed by atoms with van der Waals surface area (Å²) >= 11 is 0. The maximum atomic E-state index is 12.9. The Balaban J connectivity index is 2.59. The Bertz CT molecular complexity index is 307. The molecule has 0 amide bonds. The van der Waals surface area contributed by atoms with Crippen LogP contribution in [0.25, 0.3) is 0 Å². The van der Waals surface area contributed by atoms with Crippen molar-refractivity contribution in [3.63, 3.8) is 0 Å². The molecule has 1 unspecified atom stereocenters. The van der Waals surface area contributed by atoms with E-state index in [1.807, 2.05) is 0 Å². The number of hydrogen-bond acceptors (Lipinski definition) is 5. The van der Waals surface area contributed by atoms with E-state index >= 15 is 0 Å². The van der Waals surface area contributed by atoms with Gasteiger partial charge in [-0.1, -0.05) is 40.0 Å². The van der Waals surface area contributed by atoms with Crippen molar-refractivity contribution >= 4 is 7.82 Å². The van der Waals surface area contributed by atoms with Crippen LogP contribution in [0.3, 0.4) is 0 Å². The molecule has 0 radical (unpaired) electrons. The van der Waals surface area contributed by atoms with Gasteiger partial charge in [0.2, 0.25) is 0 Å². The molecule has 22 heavy (non-hydrogen) atoms. The SMILES string of the molecule is CCCCOP(=O)(OCCCC)OC(CC)N1CCCCC1. The van der Waals surface area contributed by atoms with Crippen LogP contribution >= 0.6 is 7.82 Å². The molecule has 0 aromatic carbocycles. The molecule has 0 bridgehead atoms. The van der Waals surface area contributed by atoms with E-state index in [1.165, 1.54) is 19.3 Å². The van der Waals surface area contributed by atoms with E-state index in [9.17, 15) is 4.57 Å². The molecule has 0 N–H and O–H groups in total. The molecule has 1 heterocycles. The fourth-order valence-electron chi connectivity index (χ4n) is 2.49. The van der Waals surface area contributed by atoms with Crippen LogP contribution in [-0.2, 0) is 18.1 Å². The number of rotatable bonds is 12. The molecule has 0 aromatic heterocycles. The first-order valence-electron chi connectivity index (χ1n) is 8.96. The Morgan fingerprint density at radius 3 is 1.95 bits per heavy atom. The second kappa shape index (κ2) is 11.6. The van der Waals surface area contributed by atoms with Crippen molar-refractivity contribution in [1.29, 1.82) is 0 Å². The van der Waals surface area contributed by atoms with Gasteiger partial charge in [0.05, 0.1) is 13.2 Å². The van der Waals surface area contributed by atoms with Gasteiger partial charge in [-0.05, 0) is 32.1 Å². The van der Waals surface area contributed by atoms with Crippen LogP contribution < -0.4 is 0 Å². The van der Waals surface area contributed by atoms with E-state index in [0.717, 1.165) is 45.2 Å². The van der Waals surface area contributed by atoms with Gasteiger partial charge in [0.15, 0.2) is 0 Å². The zero-order valence-electron chi connectivity index (χ0n) is 14.6. The number of phosphoric acid groups is 1. The van der Waals surface area contributed by atoms with E-state index in [4.69, 9.17) is 13.6 Å². The van der Waals surface area contributed by atoms with Gasteiger partial charge in [0, 0.05) is 13.1 Å². The molecule has 0 saturated carbocycles. The van der Waals surface area contributed by atoms with Gasteiger partial charge in [-0.15, -0.1) is 0 Å². The minimum absolute atomic E-state index is 0.172. The van der Waals surface area contributed by atoms with Crippen molar-refractivity contribution in [3.8, 4) is 0 Å². The summed E-state index contributed by atoms with van der Waals surface area (Å²) in [4.78, 5) is 2.27. The van der Waals surface area contributed by atoms with Crippen LogP contribution in [0.1, 0.15) is 72.1 Å². The maximum absolute atomic E-state index is 12.9. The van der Waals surface area contributed by atoms with Crippen LogP contribution in [0.5, 0.6) is 0 Å². The van der Waals surface area contributed by atoms with E-state index in [2.05, 4.69) is 25.7 Å². The maximum Gasteiger partial charge on any atom is 0.476 e. The first-order chi connectivity index (χ1) is 10.6. The smallest absolute Gasteiger partial charge is 0.287 e. The lowest BCUT2D eigenvalue weighted by Crippen LogP contribution is -2.40. The molecule has 0 aromatic rings. The van der Waals surface area contributed by atoms with Crippen LogP contribution in [0, 0.1) is 0 Å². The van der Waals surface area contributed by atoms with Gasteiger partial charge in [-0.25, -0.2) is 4.57 Å². The van der Waals surface area contributed by atoms with E-state index < -0.39 is 7.82 Å². The highest BCUT2D eigenvalue weighted by Gasteiger charge is 2.33. The zero-order chi connectivity index (χ0) is 16.3. The molecule has 1 aliphatic heterocycles. The lowest BCUT2D eigenvalue weighted by molar-refractivity contribution is -0.0238. The van der Waals surface area contributed by atoms with E-state index in [0.29, 0.717) is 13.2 Å². The standard InChI is InChI=1S/C16H34NO4P/c1-4-7-14-19-22(18,20-15-8-5-2)21-16(6-3)17-12-10-9-11-13-17/h16H,4-15H2,1-3H3. The molecule has 5 nitrogen and oxygen atoms in total. The van der Waals surface area contributed by atoms with Crippen LogP contribution in [0.15, 0.2) is 0 Å². The summed E-state index contributed by atoms with van der Waals surface area (Å²) in [6, 6.07) is 0. The fraction of sp³-hybridized carbons (Fsp3) is 1.00. The highest BCUT2D eigenvalue weighted by Crippen LogP contribution is 2.51. The van der Waals surface area contributed by atoms with Gasteiger partial charge in [0.1, 0.15) is 6.23 Å². The Morgan fingerprint density at radius 2 is 1.50 bits per heavy atom. The number of nitrogens with zero attached hydrogens (tertiary/aromatic N) is 1.